The van der Waals surface area contributed by atoms with Gasteiger partial charge in [-0.25, -0.2) is 0 Å². The minimum Gasteiger partial charge on any atom is -0.456 e. The van der Waals surface area contributed by atoms with Crippen LogP contribution in [0.3, 0.4) is 0 Å². The highest BCUT2D eigenvalue weighted by Crippen LogP contribution is 2.47. The zero-order valence-electron chi connectivity index (χ0n) is 27.3. The van der Waals surface area contributed by atoms with E-state index in [2.05, 4.69) is 193 Å². The average Bonchev–Trinajstić information content (AvgIpc) is 3.55. The van der Waals surface area contributed by atoms with Crippen LogP contribution < -0.4 is 4.90 Å². The summed E-state index contributed by atoms with van der Waals surface area (Å²) < 4.78 is 6.52. The molecule has 0 unspecified atom stereocenters. The van der Waals surface area contributed by atoms with Gasteiger partial charge in [0.1, 0.15) is 11.2 Å². The van der Waals surface area contributed by atoms with Crippen molar-refractivity contribution in [3.8, 4) is 22.3 Å². The van der Waals surface area contributed by atoms with Crippen LogP contribution in [0.15, 0.2) is 192 Å². The Morgan fingerprint density at radius 2 is 0.900 bits per heavy atom. The van der Waals surface area contributed by atoms with Gasteiger partial charge in [0.2, 0.25) is 0 Å². The summed E-state index contributed by atoms with van der Waals surface area (Å²) in [7, 11) is 0. The third kappa shape index (κ3) is 4.57. The molecule has 50 heavy (non-hydrogen) atoms. The molecule has 0 aliphatic heterocycles. The molecule has 0 atom stereocenters. The lowest BCUT2D eigenvalue weighted by Crippen LogP contribution is -2.11. The lowest BCUT2D eigenvalue weighted by Gasteiger charge is -2.29. The average molecular weight is 638 g/mol. The van der Waals surface area contributed by atoms with Gasteiger partial charge in [0, 0.05) is 27.4 Å². The molecule has 0 saturated heterocycles. The van der Waals surface area contributed by atoms with Crippen molar-refractivity contribution in [3.05, 3.63) is 188 Å². The second-order valence-corrected chi connectivity index (χ2v) is 12.9. The zero-order valence-corrected chi connectivity index (χ0v) is 27.3. The number of hydrogen-bond donors (Lipinski definition) is 0. The molecular formula is C48H31NO. The van der Waals surface area contributed by atoms with Crippen LogP contribution in [0.4, 0.5) is 17.1 Å². The first-order valence-corrected chi connectivity index (χ1v) is 17.1. The Morgan fingerprint density at radius 3 is 1.72 bits per heavy atom. The van der Waals surface area contributed by atoms with Gasteiger partial charge in [-0.15, -0.1) is 0 Å². The van der Waals surface area contributed by atoms with Gasteiger partial charge < -0.3 is 9.32 Å². The Morgan fingerprint density at radius 1 is 0.340 bits per heavy atom. The summed E-state index contributed by atoms with van der Waals surface area (Å²) in [4.78, 5) is 2.42. The van der Waals surface area contributed by atoms with Crippen molar-refractivity contribution in [2.75, 3.05) is 4.90 Å². The van der Waals surface area contributed by atoms with Crippen LogP contribution in [0, 0.1) is 0 Å². The Bertz CT molecular complexity index is 2870. The molecule has 0 fully saturated rings. The van der Waals surface area contributed by atoms with E-state index in [9.17, 15) is 0 Å². The predicted octanol–water partition coefficient (Wildman–Crippen LogP) is 13.8. The lowest BCUT2D eigenvalue weighted by molar-refractivity contribution is 0.669. The number of fused-ring (bicyclic) bond motifs is 6. The second kappa shape index (κ2) is 11.5. The van der Waals surface area contributed by atoms with Crippen molar-refractivity contribution in [1.82, 2.24) is 0 Å². The van der Waals surface area contributed by atoms with Crippen molar-refractivity contribution in [3.63, 3.8) is 0 Å². The van der Waals surface area contributed by atoms with E-state index in [1.165, 1.54) is 43.4 Å². The second-order valence-electron chi connectivity index (χ2n) is 12.9. The van der Waals surface area contributed by atoms with E-state index in [-0.39, 0.29) is 0 Å². The fraction of sp³-hybridized carbons (Fsp3) is 0. The first-order chi connectivity index (χ1) is 24.8. The molecule has 2 heteroatoms. The van der Waals surface area contributed by atoms with Gasteiger partial charge in [-0.05, 0) is 86.1 Å². The molecule has 2 nitrogen and oxygen atoms in total. The number of benzene rings is 9. The van der Waals surface area contributed by atoms with Crippen LogP contribution in [0.1, 0.15) is 0 Å². The quantitative estimate of drug-likeness (QED) is 0.187. The smallest absolute Gasteiger partial charge is 0.136 e. The van der Waals surface area contributed by atoms with Crippen LogP contribution in [-0.2, 0) is 0 Å². The van der Waals surface area contributed by atoms with Gasteiger partial charge in [0.25, 0.3) is 0 Å². The number of hydrogen-bond acceptors (Lipinski definition) is 2. The van der Waals surface area contributed by atoms with E-state index in [0.717, 1.165) is 50.1 Å². The summed E-state index contributed by atoms with van der Waals surface area (Å²) in [5.74, 6) is 0. The summed E-state index contributed by atoms with van der Waals surface area (Å²) in [6.45, 7) is 0. The fourth-order valence-electron chi connectivity index (χ4n) is 7.71. The van der Waals surface area contributed by atoms with Crippen molar-refractivity contribution < 1.29 is 4.42 Å². The van der Waals surface area contributed by atoms with E-state index >= 15 is 0 Å². The van der Waals surface area contributed by atoms with Crippen LogP contribution in [0.5, 0.6) is 0 Å². The standard InChI is InChI=1S/C48H31NO/c1-2-15-36-31-47-43(30-35(36)14-1)48-42(22-11-25-46(48)50-47)41-20-7-8-23-45(41)49(44-24-10-17-33-13-4-6-19-40(33)44)37-28-26-34(27-29-37)39-21-9-16-32-12-3-5-18-38(32)39/h1-31H. The highest BCUT2D eigenvalue weighted by atomic mass is 16.3. The first-order valence-electron chi connectivity index (χ1n) is 17.1. The van der Waals surface area contributed by atoms with Gasteiger partial charge >= 0.3 is 0 Å². The van der Waals surface area contributed by atoms with Gasteiger partial charge in [-0.1, -0.05) is 146 Å². The number of furan rings is 1. The van der Waals surface area contributed by atoms with E-state index in [4.69, 9.17) is 4.42 Å². The molecule has 1 aromatic heterocycles. The summed E-state index contributed by atoms with van der Waals surface area (Å²) in [6.07, 6.45) is 0. The largest absolute Gasteiger partial charge is 0.456 e. The molecule has 10 aromatic rings. The van der Waals surface area contributed by atoms with Crippen molar-refractivity contribution in [2.24, 2.45) is 0 Å². The number of rotatable bonds is 5. The minimum absolute atomic E-state index is 0.888. The molecule has 0 saturated carbocycles. The molecule has 0 aliphatic carbocycles. The van der Waals surface area contributed by atoms with E-state index in [1.54, 1.807) is 0 Å². The van der Waals surface area contributed by atoms with Gasteiger partial charge in [0.05, 0.1) is 11.4 Å². The van der Waals surface area contributed by atoms with Crippen LogP contribution in [0.25, 0.3) is 76.5 Å². The topological polar surface area (TPSA) is 16.4 Å². The van der Waals surface area contributed by atoms with Crippen molar-refractivity contribution in [2.45, 2.75) is 0 Å². The molecule has 0 bridgehead atoms. The molecule has 0 spiro atoms. The summed E-state index contributed by atoms with van der Waals surface area (Å²) in [5.41, 5.74) is 9.82. The molecule has 0 aliphatic rings. The van der Waals surface area contributed by atoms with Crippen molar-refractivity contribution >= 4 is 71.3 Å². The zero-order chi connectivity index (χ0) is 33.0. The molecule has 0 N–H and O–H groups in total. The minimum atomic E-state index is 0.888. The molecule has 10 rings (SSSR count). The molecule has 234 valence electrons. The van der Waals surface area contributed by atoms with E-state index < -0.39 is 0 Å². The fourth-order valence-corrected chi connectivity index (χ4v) is 7.71. The summed E-state index contributed by atoms with van der Waals surface area (Å²) in [5, 5.41) is 9.53. The third-order valence-electron chi connectivity index (χ3n) is 10.0. The van der Waals surface area contributed by atoms with Gasteiger partial charge in [0.15, 0.2) is 0 Å². The summed E-state index contributed by atoms with van der Waals surface area (Å²) >= 11 is 0. The van der Waals surface area contributed by atoms with Crippen molar-refractivity contribution in [1.29, 1.82) is 0 Å². The maximum absolute atomic E-state index is 6.52. The Hall–Kier alpha value is -6.64. The van der Waals surface area contributed by atoms with Gasteiger partial charge in [-0.2, -0.15) is 0 Å². The lowest BCUT2D eigenvalue weighted by atomic mass is 9.95. The van der Waals surface area contributed by atoms with Crippen LogP contribution >= 0.6 is 0 Å². The van der Waals surface area contributed by atoms with Crippen LogP contribution in [-0.4, -0.2) is 0 Å². The Labute approximate surface area is 290 Å². The number of anilines is 3. The maximum Gasteiger partial charge on any atom is 0.136 e. The highest BCUT2D eigenvalue weighted by Gasteiger charge is 2.22. The molecule has 0 amide bonds. The molecular weight excluding hydrogens is 607 g/mol. The monoisotopic (exact) mass is 637 g/mol. The normalized spacial score (nSPS) is 11.6. The van der Waals surface area contributed by atoms with Crippen LogP contribution in [0.2, 0.25) is 0 Å². The Balaban J connectivity index is 1.20. The van der Waals surface area contributed by atoms with E-state index in [0.29, 0.717) is 0 Å². The SMILES string of the molecule is c1ccc(N(c2ccc(-c3cccc4ccccc34)cc2)c2cccc3ccccc23)c(-c2cccc3oc4cc5ccccc5cc4c23)c1. The Kier molecular flexibility index (Phi) is 6.53. The summed E-state index contributed by atoms with van der Waals surface area (Å²) in [6, 6.07) is 67.5. The molecule has 0 radical (unpaired) electrons. The molecule has 1 heterocycles. The number of nitrogens with zero attached hydrogens (tertiary/aromatic N) is 1. The first kappa shape index (κ1) is 28.4. The number of para-hydroxylation sites is 1. The third-order valence-corrected chi connectivity index (χ3v) is 10.0. The maximum atomic E-state index is 6.52. The highest BCUT2D eigenvalue weighted by molar-refractivity contribution is 6.17. The van der Waals surface area contributed by atoms with Gasteiger partial charge in [-0.3, -0.25) is 0 Å². The van der Waals surface area contributed by atoms with E-state index in [1.807, 2.05) is 0 Å². The predicted molar refractivity (Wildman–Crippen MR) is 212 cm³/mol. The molecule has 9 aromatic carbocycles.